The van der Waals surface area contributed by atoms with Crippen LogP contribution >= 0.6 is 11.8 Å². The van der Waals surface area contributed by atoms with Crippen molar-refractivity contribution in [2.24, 2.45) is 0 Å². The SMILES string of the molecule is COc1ccc(/C=C2\SC(=O)N(NC(=O)c3ccccc3O)C2=O)cc1OC. The highest BCUT2D eigenvalue weighted by molar-refractivity contribution is 8.18. The first-order valence-electron chi connectivity index (χ1n) is 8.03. The van der Waals surface area contributed by atoms with Gasteiger partial charge in [-0.1, -0.05) is 18.2 Å². The maximum absolute atomic E-state index is 12.5. The van der Waals surface area contributed by atoms with E-state index in [4.69, 9.17) is 9.47 Å². The number of benzene rings is 2. The van der Waals surface area contributed by atoms with E-state index < -0.39 is 17.1 Å². The van der Waals surface area contributed by atoms with Crippen LogP contribution < -0.4 is 14.9 Å². The maximum atomic E-state index is 12.5. The molecule has 2 aromatic carbocycles. The maximum Gasteiger partial charge on any atom is 0.312 e. The Labute approximate surface area is 164 Å². The third kappa shape index (κ3) is 3.79. The van der Waals surface area contributed by atoms with Gasteiger partial charge in [0.05, 0.1) is 24.7 Å². The summed E-state index contributed by atoms with van der Waals surface area (Å²) in [5.74, 6) is -0.694. The van der Waals surface area contributed by atoms with Gasteiger partial charge in [-0.3, -0.25) is 19.8 Å². The van der Waals surface area contributed by atoms with Crippen molar-refractivity contribution in [3.05, 3.63) is 58.5 Å². The second-order valence-electron chi connectivity index (χ2n) is 5.59. The monoisotopic (exact) mass is 400 g/mol. The first kappa shape index (κ1) is 19.3. The van der Waals surface area contributed by atoms with Crippen LogP contribution in [0.4, 0.5) is 4.79 Å². The summed E-state index contributed by atoms with van der Waals surface area (Å²) in [6, 6.07) is 10.9. The van der Waals surface area contributed by atoms with Crippen LogP contribution in [0.3, 0.4) is 0 Å². The molecule has 0 aromatic heterocycles. The van der Waals surface area contributed by atoms with E-state index in [1.807, 2.05) is 0 Å². The van der Waals surface area contributed by atoms with Crippen LogP contribution in [0, 0.1) is 0 Å². The number of methoxy groups -OCH3 is 2. The lowest BCUT2D eigenvalue weighted by Crippen LogP contribution is -2.44. The summed E-state index contributed by atoms with van der Waals surface area (Å²) >= 11 is 0.691. The molecule has 9 heteroatoms. The van der Waals surface area contributed by atoms with Crippen LogP contribution in [0.25, 0.3) is 6.08 Å². The van der Waals surface area contributed by atoms with Crippen molar-refractivity contribution in [1.29, 1.82) is 0 Å². The molecule has 0 aliphatic carbocycles. The summed E-state index contributed by atoms with van der Waals surface area (Å²) < 4.78 is 10.4. The van der Waals surface area contributed by atoms with E-state index in [1.54, 1.807) is 30.3 Å². The standard InChI is InChI=1S/C19H16N2O6S/c1-26-14-8-7-11(9-15(14)27-2)10-16-18(24)21(19(25)28-16)20-17(23)12-5-3-4-6-13(12)22/h3-10,22H,1-2H3,(H,20,23)/b16-10-. The summed E-state index contributed by atoms with van der Waals surface area (Å²) in [4.78, 5) is 37.1. The number of amides is 3. The molecule has 8 nitrogen and oxygen atoms in total. The van der Waals surface area contributed by atoms with Crippen molar-refractivity contribution < 1.29 is 29.0 Å². The van der Waals surface area contributed by atoms with Crippen LogP contribution in [-0.4, -0.2) is 41.4 Å². The fourth-order valence-electron chi connectivity index (χ4n) is 2.49. The Morgan fingerprint density at radius 3 is 2.50 bits per heavy atom. The number of phenolic OH excluding ortho intramolecular Hbond substituents is 1. The molecule has 2 aromatic rings. The number of aromatic hydroxyl groups is 1. The fourth-order valence-corrected chi connectivity index (χ4v) is 3.27. The van der Waals surface area contributed by atoms with Gasteiger partial charge in [-0.15, -0.1) is 0 Å². The van der Waals surface area contributed by atoms with Gasteiger partial charge in [-0.25, -0.2) is 0 Å². The highest BCUT2D eigenvalue weighted by Gasteiger charge is 2.37. The van der Waals surface area contributed by atoms with Gasteiger partial charge in [-0.2, -0.15) is 5.01 Å². The van der Waals surface area contributed by atoms with Gasteiger partial charge < -0.3 is 14.6 Å². The topological polar surface area (TPSA) is 105 Å². The normalized spacial score (nSPS) is 15.1. The van der Waals surface area contributed by atoms with Gasteiger partial charge in [0.1, 0.15) is 5.75 Å². The number of hydrogen-bond acceptors (Lipinski definition) is 7. The molecule has 0 radical (unpaired) electrons. The first-order chi connectivity index (χ1) is 13.4. The van der Waals surface area contributed by atoms with Crippen LogP contribution in [0.15, 0.2) is 47.4 Å². The Hall–Kier alpha value is -3.46. The predicted molar refractivity (Wildman–Crippen MR) is 103 cm³/mol. The molecule has 1 fully saturated rings. The van der Waals surface area contributed by atoms with Crippen LogP contribution in [0.2, 0.25) is 0 Å². The zero-order valence-corrected chi connectivity index (χ0v) is 15.8. The summed E-state index contributed by atoms with van der Waals surface area (Å²) in [5.41, 5.74) is 2.79. The minimum atomic E-state index is -0.771. The molecular formula is C19H16N2O6S. The average Bonchev–Trinajstić information content (AvgIpc) is 2.95. The van der Waals surface area contributed by atoms with Crippen molar-refractivity contribution in [2.45, 2.75) is 0 Å². The van der Waals surface area contributed by atoms with Crippen molar-refractivity contribution >= 4 is 34.9 Å². The minimum absolute atomic E-state index is 0.0505. The number of imide groups is 1. The van der Waals surface area contributed by atoms with E-state index in [0.29, 0.717) is 33.8 Å². The molecule has 28 heavy (non-hydrogen) atoms. The Morgan fingerprint density at radius 2 is 1.82 bits per heavy atom. The van der Waals surface area contributed by atoms with E-state index in [9.17, 15) is 19.5 Å². The average molecular weight is 400 g/mol. The number of ether oxygens (including phenoxy) is 2. The molecular weight excluding hydrogens is 384 g/mol. The van der Waals surface area contributed by atoms with E-state index in [1.165, 1.54) is 32.4 Å². The molecule has 0 spiro atoms. The third-order valence-corrected chi connectivity index (χ3v) is 4.73. The lowest BCUT2D eigenvalue weighted by atomic mass is 10.2. The Morgan fingerprint density at radius 1 is 1.11 bits per heavy atom. The van der Waals surface area contributed by atoms with Crippen molar-refractivity contribution in [2.75, 3.05) is 14.2 Å². The second-order valence-corrected chi connectivity index (χ2v) is 6.58. The lowest BCUT2D eigenvalue weighted by Gasteiger charge is -2.14. The summed E-state index contributed by atoms with van der Waals surface area (Å²) in [6.07, 6.45) is 1.51. The second kappa shape index (κ2) is 8.05. The number of para-hydroxylation sites is 1. The van der Waals surface area contributed by atoms with Gasteiger partial charge in [0.25, 0.3) is 11.8 Å². The smallest absolute Gasteiger partial charge is 0.312 e. The van der Waals surface area contributed by atoms with Crippen LogP contribution in [-0.2, 0) is 4.79 Å². The van der Waals surface area contributed by atoms with E-state index in [2.05, 4.69) is 5.43 Å². The fraction of sp³-hybridized carbons (Fsp3) is 0.105. The van der Waals surface area contributed by atoms with Gasteiger partial charge >= 0.3 is 5.24 Å². The number of carbonyl (C=O) groups excluding carboxylic acids is 3. The van der Waals surface area contributed by atoms with E-state index >= 15 is 0 Å². The first-order valence-corrected chi connectivity index (χ1v) is 8.85. The summed E-state index contributed by atoms with van der Waals surface area (Å²) in [7, 11) is 3.00. The summed E-state index contributed by atoms with van der Waals surface area (Å²) in [5, 5.41) is 9.70. The summed E-state index contributed by atoms with van der Waals surface area (Å²) in [6.45, 7) is 0. The molecule has 0 atom stereocenters. The number of hydrazine groups is 1. The highest BCUT2D eigenvalue weighted by atomic mass is 32.2. The number of rotatable bonds is 5. The van der Waals surface area contributed by atoms with Crippen LogP contribution in [0.5, 0.6) is 17.2 Å². The Bertz CT molecular complexity index is 988. The molecule has 144 valence electrons. The molecule has 0 saturated carbocycles. The molecule has 3 amide bonds. The quantitative estimate of drug-likeness (QED) is 0.744. The van der Waals surface area contributed by atoms with Crippen LogP contribution in [0.1, 0.15) is 15.9 Å². The number of carbonyl (C=O) groups is 3. The van der Waals surface area contributed by atoms with Crippen molar-refractivity contribution in [3.8, 4) is 17.2 Å². The molecule has 0 unspecified atom stereocenters. The lowest BCUT2D eigenvalue weighted by molar-refractivity contribution is -0.124. The Kier molecular flexibility index (Phi) is 5.55. The molecule has 1 heterocycles. The Balaban J connectivity index is 1.81. The zero-order chi connectivity index (χ0) is 20.3. The van der Waals surface area contributed by atoms with Crippen molar-refractivity contribution in [1.82, 2.24) is 10.4 Å². The molecule has 0 bridgehead atoms. The number of nitrogens with one attached hydrogen (secondary N) is 1. The van der Waals surface area contributed by atoms with Gasteiger partial charge in [-0.05, 0) is 47.7 Å². The number of hydrogen-bond donors (Lipinski definition) is 2. The molecule has 1 aliphatic heterocycles. The van der Waals surface area contributed by atoms with Gasteiger partial charge in [0.15, 0.2) is 11.5 Å². The largest absolute Gasteiger partial charge is 0.507 e. The molecule has 1 aliphatic rings. The third-order valence-electron chi connectivity index (χ3n) is 3.86. The number of phenols is 1. The predicted octanol–water partition coefficient (Wildman–Crippen LogP) is 2.79. The molecule has 2 N–H and O–H groups in total. The number of nitrogens with zero attached hydrogens (tertiary/aromatic N) is 1. The minimum Gasteiger partial charge on any atom is -0.507 e. The molecule has 3 rings (SSSR count). The van der Waals surface area contributed by atoms with E-state index in [-0.39, 0.29) is 16.2 Å². The van der Waals surface area contributed by atoms with Gasteiger partial charge in [0.2, 0.25) is 0 Å². The number of thioether (sulfide) groups is 1. The highest BCUT2D eigenvalue weighted by Crippen LogP contribution is 2.33. The van der Waals surface area contributed by atoms with Crippen molar-refractivity contribution in [3.63, 3.8) is 0 Å². The molecule has 1 saturated heterocycles. The zero-order valence-electron chi connectivity index (χ0n) is 15.0. The van der Waals surface area contributed by atoms with Gasteiger partial charge in [0, 0.05) is 0 Å². The van der Waals surface area contributed by atoms with E-state index in [0.717, 1.165) is 0 Å².